The molecule has 2 unspecified atom stereocenters. The van der Waals surface area contributed by atoms with Gasteiger partial charge < -0.3 is 5.32 Å². The van der Waals surface area contributed by atoms with E-state index >= 15 is 0 Å². The molecule has 1 aromatic heterocycles. The van der Waals surface area contributed by atoms with Crippen molar-refractivity contribution in [1.82, 2.24) is 15.1 Å². The minimum Gasteiger partial charge on any atom is -0.308 e. The maximum absolute atomic E-state index is 4.39. The lowest BCUT2D eigenvalue weighted by Crippen LogP contribution is -2.17. The first-order chi connectivity index (χ1) is 6.16. The number of nitrogens with zero attached hydrogens (tertiary/aromatic N) is 2. The molecule has 0 saturated heterocycles. The van der Waals surface area contributed by atoms with Crippen LogP contribution in [0.25, 0.3) is 0 Å². The van der Waals surface area contributed by atoms with E-state index in [0.717, 1.165) is 24.2 Å². The van der Waals surface area contributed by atoms with Crippen LogP contribution in [-0.4, -0.2) is 15.8 Å². The molecule has 2 rings (SSSR count). The van der Waals surface area contributed by atoms with Crippen molar-refractivity contribution >= 4 is 0 Å². The highest BCUT2D eigenvalue weighted by atomic mass is 15.3. The fourth-order valence-electron chi connectivity index (χ4n) is 1.56. The summed E-state index contributed by atoms with van der Waals surface area (Å²) in [5.74, 6) is 0.866. The number of aryl methyl sites for hydroxylation is 2. The highest BCUT2D eigenvalue weighted by Crippen LogP contribution is 2.29. The summed E-state index contributed by atoms with van der Waals surface area (Å²) in [6.45, 7) is 5.27. The normalized spacial score (nSPS) is 26.4. The van der Waals surface area contributed by atoms with E-state index in [9.17, 15) is 0 Å². The van der Waals surface area contributed by atoms with Crippen LogP contribution in [0.15, 0.2) is 6.07 Å². The average Bonchev–Trinajstić information content (AvgIpc) is 2.68. The molecule has 0 radical (unpaired) electrons. The lowest BCUT2D eigenvalue weighted by molar-refractivity contribution is 0.626. The molecule has 3 heteroatoms. The number of aromatic nitrogens is 2. The van der Waals surface area contributed by atoms with Gasteiger partial charge in [0.1, 0.15) is 0 Å². The van der Waals surface area contributed by atoms with Gasteiger partial charge >= 0.3 is 0 Å². The van der Waals surface area contributed by atoms with E-state index in [0.29, 0.717) is 0 Å². The second-order valence-corrected chi connectivity index (χ2v) is 4.10. The van der Waals surface area contributed by atoms with Gasteiger partial charge in [-0.15, -0.1) is 0 Å². The molecule has 72 valence electrons. The van der Waals surface area contributed by atoms with Crippen LogP contribution >= 0.6 is 0 Å². The van der Waals surface area contributed by atoms with Crippen molar-refractivity contribution in [2.45, 2.75) is 32.9 Å². The van der Waals surface area contributed by atoms with Crippen molar-refractivity contribution in [3.8, 4) is 0 Å². The second kappa shape index (κ2) is 3.14. The van der Waals surface area contributed by atoms with Crippen molar-refractivity contribution in [3.05, 3.63) is 17.5 Å². The third kappa shape index (κ3) is 1.91. The predicted molar refractivity (Wildman–Crippen MR) is 52.4 cm³/mol. The van der Waals surface area contributed by atoms with E-state index < -0.39 is 0 Å². The van der Waals surface area contributed by atoms with Gasteiger partial charge in [0.05, 0.1) is 5.69 Å². The minimum atomic E-state index is 0.738. The monoisotopic (exact) mass is 179 g/mol. The highest BCUT2D eigenvalue weighted by molar-refractivity contribution is 5.08. The fraction of sp³-hybridized carbons (Fsp3) is 0.700. The van der Waals surface area contributed by atoms with Gasteiger partial charge in [-0.3, -0.25) is 4.68 Å². The first kappa shape index (κ1) is 8.75. The highest BCUT2D eigenvalue weighted by Gasteiger charge is 2.31. The maximum Gasteiger partial charge on any atom is 0.0765 e. The summed E-state index contributed by atoms with van der Waals surface area (Å²) in [4.78, 5) is 0. The molecule has 1 aliphatic carbocycles. The zero-order valence-corrected chi connectivity index (χ0v) is 8.54. The molecule has 0 bridgehead atoms. The molecule has 1 heterocycles. The van der Waals surface area contributed by atoms with Crippen LogP contribution in [0.3, 0.4) is 0 Å². The Morgan fingerprint density at radius 3 is 2.85 bits per heavy atom. The molecule has 1 saturated carbocycles. The van der Waals surface area contributed by atoms with Crippen molar-refractivity contribution in [2.24, 2.45) is 13.0 Å². The Kier molecular flexibility index (Phi) is 2.12. The van der Waals surface area contributed by atoms with Gasteiger partial charge in [-0.2, -0.15) is 5.10 Å². The van der Waals surface area contributed by atoms with E-state index in [2.05, 4.69) is 30.3 Å². The smallest absolute Gasteiger partial charge is 0.0765 e. The van der Waals surface area contributed by atoms with Gasteiger partial charge in [-0.05, 0) is 25.3 Å². The van der Waals surface area contributed by atoms with Crippen LogP contribution in [-0.2, 0) is 13.6 Å². The summed E-state index contributed by atoms with van der Waals surface area (Å²) >= 11 is 0. The zero-order valence-electron chi connectivity index (χ0n) is 8.54. The quantitative estimate of drug-likeness (QED) is 0.756. The Labute approximate surface area is 79.1 Å². The third-order valence-electron chi connectivity index (χ3n) is 2.82. The molecule has 1 fully saturated rings. The molecule has 1 N–H and O–H groups in total. The van der Waals surface area contributed by atoms with Gasteiger partial charge in [-0.25, -0.2) is 0 Å². The van der Waals surface area contributed by atoms with E-state index in [1.54, 1.807) is 0 Å². The van der Waals surface area contributed by atoms with Crippen molar-refractivity contribution in [2.75, 3.05) is 0 Å². The average molecular weight is 179 g/mol. The summed E-state index contributed by atoms with van der Waals surface area (Å²) in [6, 6.07) is 2.88. The van der Waals surface area contributed by atoms with Crippen molar-refractivity contribution in [1.29, 1.82) is 0 Å². The molecule has 13 heavy (non-hydrogen) atoms. The zero-order chi connectivity index (χ0) is 9.42. The number of hydrogen-bond acceptors (Lipinski definition) is 2. The summed E-state index contributed by atoms with van der Waals surface area (Å²) < 4.78 is 1.92. The van der Waals surface area contributed by atoms with Gasteiger partial charge in [0.2, 0.25) is 0 Å². The molecule has 1 aliphatic rings. The van der Waals surface area contributed by atoms with Crippen molar-refractivity contribution in [3.63, 3.8) is 0 Å². The van der Waals surface area contributed by atoms with Crippen LogP contribution in [0.5, 0.6) is 0 Å². The van der Waals surface area contributed by atoms with Gasteiger partial charge in [0.25, 0.3) is 0 Å². The summed E-state index contributed by atoms with van der Waals surface area (Å²) in [5, 5.41) is 7.88. The van der Waals surface area contributed by atoms with Crippen LogP contribution in [0.2, 0.25) is 0 Å². The Morgan fingerprint density at radius 1 is 1.69 bits per heavy atom. The summed E-state index contributed by atoms with van der Waals surface area (Å²) in [7, 11) is 1.98. The van der Waals surface area contributed by atoms with E-state index in [1.807, 2.05) is 11.7 Å². The Morgan fingerprint density at radius 2 is 2.38 bits per heavy atom. The molecule has 2 atom stereocenters. The third-order valence-corrected chi connectivity index (χ3v) is 2.82. The SMILES string of the molecule is Cc1cc(CNC2CC2C)nn1C. The number of hydrogen-bond donors (Lipinski definition) is 1. The van der Waals surface area contributed by atoms with E-state index in [4.69, 9.17) is 0 Å². The van der Waals surface area contributed by atoms with E-state index in [-0.39, 0.29) is 0 Å². The molecule has 0 aliphatic heterocycles. The second-order valence-electron chi connectivity index (χ2n) is 4.10. The van der Waals surface area contributed by atoms with Crippen molar-refractivity contribution < 1.29 is 0 Å². The fourth-order valence-corrected chi connectivity index (χ4v) is 1.56. The van der Waals surface area contributed by atoms with Crippen LogP contribution < -0.4 is 5.32 Å². The summed E-state index contributed by atoms with van der Waals surface area (Å²) in [6.07, 6.45) is 1.33. The lowest BCUT2D eigenvalue weighted by atomic mass is 10.3. The molecule has 0 spiro atoms. The van der Waals surface area contributed by atoms with Crippen LogP contribution in [0, 0.1) is 12.8 Å². The maximum atomic E-state index is 4.39. The van der Waals surface area contributed by atoms with Gasteiger partial charge in [0, 0.05) is 25.3 Å². The largest absolute Gasteiger partial charge is 0.308 e. The van der Waals surface area contributed by atoms with E-state index in [1.165, 1.54) is 12.1 Å². The Balaban J connectivity index is 1.87. The molecule has 0 aromatic carbocycles. The Bertz CT molecular complexity index is 284. The topological polar surface area (TPSA) is 29.9 Å². The Hall–Kier alpha value is -0.830. The minimum absolute atomic E-state index is 0.738. The van der Waals surface area contributed by atoms with Gasteiger partial charge in [-0.1, -0.05) is 6.92 Å². The number of rotatable bonds is 3. The predicted octanol–water partition coefficient (Wildman–Crippen LogP) is 1.23. The standard InChI is InChI=1S/C10H17N3/c1-7-4-10(7)11-6-9-5-8(2)13(3)12-9/h5,7,10-11H,4,6H2,1-3H3. The first-order valence-electron chi connectivity index (χ1n) is 4.89. The number of nitrogens with one attached hydrogen (secondary N) is 1. The summed E-state index contributed by atoms with van der Waals surface area (Å²) in [5.41, 5.74) is 2.37. The molecule has 0 amide bonds. The molecule has 3 nitrogen and oxygen atoms in total. The van der Waals surface area contributed by atoms with Crippen LogP contribution in [0.4, 0.5) is 0 Å². The molecular weight excluding hydrogens is 162 g/mol. The van der Waals surface area contributed by atoms with Crippen LogP contribution in [0.1, 0.15) is 24.7 Å². The van der Waals surface area contributed by atoms with Gasteiger partial charge in [0.15, 0.2) is 0 Å². The first-order valence-corrected chi connectivity index (χ1v) is 4.89. The lowest BCUT2D eigenvalue weighted by Gasteiger charge is -1.98. The molecular formula is C10H17N3. The molecule has 1 aromatic rings.